The molecule has 1 amide bonds. The first kappa shape index (κ1) is 18.0. The lowest BCUT2D eigenvalue weighted by molar-refractivity contribution is -0.383. The molecule has 136 valence electrons. The van der Waals surface area contributed by atoms with Crippen molar-refractivity contribution in [3.8, 4) is 11.3 Å². The van der Waals surface area contributed by atoms with Gasteiger partial charge in [-0.1, -0.05) is 42.0 Å². The Balaban J connectivity index is 1.76. The maximum atomic E-state index is 12.3. The number of carbonyl (C=O) groups excluding carboxylic acids is 1. The highest BCUT2D eigenvalue weighted by Gasteiger charge is 2.15. The number of nitro groups is 1. The molecule has 8 heteroatoms. The quantitative estimate of drug-likeness (QED) is 0.553. The SMILES string of the molecule is Cc1ccc(-c2cc(=O)n(CC(=O)Nc3ccccc3[N+](=O)[O-])cn2)cc1. The van der Waals surface area contributed by atoms with Gasteiger partial charge in [-0.3, -0.25) is 24.3 Å². The Bertz CT molecular complexity index is 1060. The minimum absolute atomic E-state index is 0.0739. The number of aryl methyl sites for hydroxylation is 1. The van der Waals surface area contributed by atoms with Gasteiger partial charge in [0.25, 0.3) is 11.2 Å². The van der Waals surface area contributed by atoms with Gasteiger partial charge in [0.05, 0.1) is 16.9 Å². The standard InChI is InChI=1S/C19H16N4O4/c1-13-6-8-14(9-7-13)16-10-19(25)22(12-20-16)11-18(24)21-15-4-2-3-5-17(15)23(26)27/h2-10,12H,11H2,1H3,(H,21,24). The van der Waals surface area contributed by atoms with Crippen LogP contribution in [0.25, 0.3) is 11.3 Å². The normalized spacial score (nSPS) is 10.4. The molecule has 0 radical (unpaired) electrons. The fraction of sp³-hybridized carbons (Fsp3) is 0.105. The second kappa shape index (κ2) is 7.61. The summed E-state index contributed by atoms with van der Waals surface area (Å²) in [5.74, 6) is -0.559. The molecule has 0 atom stereocenters. The van der Waals surface area contributed by atoms with Crippen molar-refractivity contribution < 1.29 is 9.72 Å². The third-order valence-corrected chi connectivity index (χ3v) is 3.92. The molecule has 0 saturated heterocycles. The van der Waals surface area contributed by atoms with Gasteiger partial charge in [-0.2, -0.15) is 0 Å². The van der Waals surface area contributed by atoms with Crippen LogP contribution < -0.4 is 10.9 Å². The molecule has 1 heterocycles. The Morgan fingerprint density at radius 1 is 1.19 bits per heavy atom. The Morgan fingerprint density at radius 2 is 1.89 bits per heavy atom. The molecule has 0 fully saturated rings. The molecule has 0 unspecified atom stereocenters. The first-order chi connectivity index (χ1) is 12.9. The molecule has 0 aliphatic carbocycles. The van der Waals surface area contributed by atoms with Gasteiger partial charge in [0.15, 0.2) is 0 Å². The van der Waals surface area contributed by atoms with Gasteiger partial charge in [-0.25, -0.2) is 4.98 Å². The molecule has 0 bridgehead atoms. The van der Waals surface area contributed by atoms with Crippen LogP contribution in [0.4, 0.5) is 11.4 Å². The first-order valence-electron chi connectivity index (χ1n) is 8.11. The lowest BCUT2D eigenvalue weighted by Gasteiger charge is -2.08. The van der Waals surface area contributed by atoms with E-state index < -0.39 is 16.4 Å². The molecular formula is C19H16N4O4. The van der Waals surface area contributed by atoms with Gasteiger partial charge < -0.3 is 5.32 Å². The monoisotopic (exact) mass is 364 g/mol. The van der Waals surface area contributed by atoms with Crippen LogP contribution in [-0.2, 0) is 11.3 Å². The van der Waals surface area contributed by atoms with E-state index in [4.69, 9.17) is 0 Å². The van der Waals surface area contributed by atoms with Gasteiger partial charge in [0.2, 0.25) is 5.91 Å². The fourth-order valence-corrected chi connectivity index (χ4v) is 2.51. The number of nitro benzene ring substituents is 1. The molecule has 0 saturated carbocycles. The average molecular weight is 364 g/mol. The minimum Gasteiger partial charge on any atom is -0.319 e. The van der Waals surface area contributed by atoms with E-state index in [-0.39, 0.29) is 17.9 Å². The van der Waals surface area contributed by atoms with Crippen LogP contribution in [0.2, 0.25) is 0 Å². The maximum absolute atomic E-state index is 12.3. The van der Waals surface area contributed by atoms with Gasteiger partial charge in [0, 0.05) is 17.7 Å². The number of hydrogen-bond acceptors (Lipinski definition) is 5. The van der Waals surface area contributed by atoms with E-state index in [1.54, 1.807) is 6.07 Å². The lowest BCUT2D eigenvalue weighted by atomic mass is 10.1. The van der Waals surface area contributed by atoms with E-state index in [1.807, 2.05) is 31.2 Å². The highest BCUT2D eigenvalue weighted by atomic mass is 16.6. The van der Waals surface area contributed by atoms with Gasteiger partial charge >= 0.3 is 0 Å². The third kappa shape index (κ3) is 4.24. The van der Waals surface area contributed by atoms with Crippen molar-refractivity contribution in [3.63, 3.8) is 0 Å². The van der Waals surface area contributed by atoms with Crippen molar-refractivity contribution in [1.82, 2.24) is 9.55 Å². The Hall–Kier alpha value is -3.81. The second-order valence-corrected chi connectivity index (χ2v) is 5.93. The lowest BCUT2D eigenvalue weighted by Crippen LogP contribution is -2.27. The van der Waals surface area contributed by atoms with Crippen molar-refractivity contribution >= 4 is 17.3 Å². The van der Waals surface area contributed by atoms with E-state index in [1.165, 1.54) is 30.6 Å². The number of benzene rings is 2. The van der Waals surface area contributed by atoms with Crippen LogP contribution in [-0.4, -0.2) is 20.4 Å². The summed E-state index contributed by atoms with van der Waals surface area (Å²) in [4.78, 5) is 39.1. The smallest absolute Gasteiger partial charge is 0.292 e. The summed E-state index contributed by atoms with van der Waals surface area (Å²) in [6.07, 6.45) is 1.29. The molecular weight excluding hydrogens is 348 g/mol. The number of anilines is 1. The highest BCUT2D eigenvalue weighted by molar-refractivity contribution is 5.92. The zero-order valence-electron chi connectivity index (χ0n) is 14.5. The van der Waals surface area contributed by atoms with Crippen molar-refractivity contribution in [3.05, 3.63) is 87.0 Å². The van der Waals surface area contributed by atoms with Crippen molar-refractivity contribution in [1.29, 1.82) is 0 Å². The molecule has 3 aromatic rings. The van der Waals surface area contributed by atoms with Crippen LogP contribution in [0.3, 0.4) is 0 Å². The van der Waals surface area contributed by atoms with Crippen molar-refractivity contribution in [2.75, 3.05) is 5.32 Å². The van der Waals surface area contributed by atoms with Crippen LogP contribution >= 0.6 is 0 Å². The summed E-state index contributed by atoms with van der Waals surface area (Å²) in [7, 11) is 0. The van der Waals surface area contributed by atoms with Crippen LogP contribution in [0.15, 0.2) is 65.7 Å². The van der Waals surface area contributed by atoms with E-state index >= 15 is 0 Å². The van der Waals surface area contributed by atoms with Crippen molar-refractivity contribution in [2.45, 2.75) is 13.5 Å². The van der Waals surface area contributed by atoms with Crippen LogP contribution in [0, 0.1) is 17.0 Å². The molecule has 0 aliphatic rings. The molecule has 3 rings (SSSR count). The van der Waals surface area contributed by atoms with E-state index in [2.05, 4.69) is 10.3 Å². The van der Waals surface area contributed by atoms with E-state index in [9.17, 15) is 19.7 Å². The minimum atomic E-state index is -0.584. The number of nitrogens with zero attached hydrogens (tertiary/aromatic N) is 3. The first-order valence-corrected chi connectivity index (χ1v) is 8.11. The zero-order valence-corrected chi connectivity index (χ0v) is 14.5. The van der Waals surface area contributed by atoms with E-state index in [0.29, 0.717) is 5.69 Å². The molecule has 1 aromatic heterocycles. The summed E-state index contributed by atoms with van der Waals surface area (Å²) in [6.45, 7) is 1.66. The Morgan fingerprint density at radius 3 is 2.56 bits per heavy atom. The number of aromatic nitrogens is 2. The Labute approximate surface area is 154 Å². The fourth-order valence-electron chi connectivity index (χ4n) is 2.51. The van der Waals surface area contributed by atoms with Gasteiger partial charge in [-0.15, -0.1) is 0 Å². The largest absolute Gasteiger partial charge is 0.319 e. The number of para-hydroxylation sites is 2. The number of carbonyl (C=O) groups is 1. The highest BCUT2D eigenvalue weighted by Crippen LogP contribution is 2.23. The number of rotatable bonds is 5. The number of amides is 1. The molecule has 8 nitrogen and oxygen atoms in total. The molecule has 2 aromatic carbocycles. The molecule has 0 spiro atoms. The van der Waals surface area contributed by atoms with Crippen LogP contribution in [0.5, 0.6) is 0 Å². The maximum Gasteiger partial charge on any atom is 0.292 e. The summed E-state index contributed by atoms with van der Waals surface area (Å²) in [5, 5.41) is 13.4. The zero-order chi connectivity index (χ0) is 19.4. The van der Waals surface area contributed by atoms with Gasteiger partial charge in [-0.05, 0) is 13.0 Å². The molecule has 1 N–H and O–H groups in total. The van der Waals surface area contributed by atoms with Gasteiger partial charge in [0.1, 0.15) is 12.2 Å². The molecule has 0 aliphatic heterocycles. The average Bonchev–Trinajstić information content (AvgIpc) is 2.64. The van der Waals surface area contributed by atoms with Crippen LogP contribution in [0.1, 0.15) is 5.56 Å². The van der Waals surface area contributed by atoms with E-state index in [0.717, 1.165) is 15.7 Å². The summed E-state index contributed by atoms with van der Waals surface area (Å²) < 4.78 is 1.14. The molecule has 27 heavy (non-hydrogen) atoms. The summed E-state index contributed by atoms with van der Waals surface area (Å²) in [5.41, 5.74) is 1.87. The summed E-state index contributed by atoms with van der Waals surface area (Å²) >= 11 is 0. The number of nitrogens with one attached hydrogen (secondary N) is 1. The summed E-state index contributed by atoms with van der Waals surface area (Å²) in [6, 6.07) is 14.7. The predicted octanol–water partition coefficient (Wildman–Crippen LogP) is 2.77. The Kier molecular flexibility index (Phi) is 5.07. The predicted molar refractivity (Wildman–Crippen MR) is 100 cm³/mol. The topological polar surface area (TPSA) is 107 Å². The van der Waals surface area contributed by atoms with Crippen molar-refractivity contribution in [2.24, 2.45) is 0 Å². The number of hydrogen-bond donors (Lipinski definition) is 1. The third-order valence-electron chi connectivity index (χ3n) is 3.92. The second-order valence-electron chi connectivity index (χ2n) is 5.93.